The van der Waals surface area contributed by atoms with Crippen molar-refractivity contribution in [2.24, 2.45) is 0 Å². The van der Waals surface area contributed by atoms with E-state index in [9.17, 15) is 9.18 Å². The Hall–Kier alpha value is -2.76. The van der Waals surface area contributed by atoms with Crippen molar-refractivity contribution < 1.29 is 13.9 Å². The molecule has 0 aliphatic heterocycles. The molecule has 2 aromatic heterocycles. The monoisotopic (exact) mass is 341 g/mol. The van der Waals surface area contributed by atoms with Crippen LogP contribution in [0.15, 0.2) is 30.5 Å². The second-order valence-corrected chi connectivity index (χ2v) is 6.09. The predicted octanol–water partition coefficient (Wildman–Crippen LogP) is 3.51. The molecule has 0 saturated carbocycles. The van der Waals surface area contributed by atoms with E-state index >= 15 is 0 Å². The summed E-state index contributed by atoms with van der Waals surface area (Å²) in [5, 5.41) is 5.05. The first kappa shape index (κ1) is 17.1. The number of nitrogens with zero attached hydrogens (tertiary/aromatic N) is 3. The van der Waals surface area contributed by atoms with Crippen molar-refractivity contribution >= 4 is 16.9 Å². The Labute approximate surface area is 145 Å². The fourth-order valence-corrected chi connectivity index (χ4v) is 3.27. The molecule has 0 aliphatic carbocycles. The first-order valence-electron chi connectivity index (χ1n) is 8.08. The van der Waals surface area contributed by atoms with E-state index in [1.807, 2.05) is 25.5 Å². The Morgan fingerprint density at radius 1 is 1.32 bits per heavy atom. The number of halogens is 1. The molecule has 1 atom stereocenters. The number of carbonyl (C=O) groups excluding carboxylic acids is 1. The molecule has 25 heavy (non-hydrogen) atoms. The SMILES string of the molecule is COC(=O)[C@@H](C)c1c(C)nn(Cc2ccc(F)c3cccnc23)c1C. The van der Waals surface area contributed by atoms with Crippen LogP contribution in [0.25, 0.3) is 10.9 Å². The highest BCUT2D eigenvalue weighted by atomic mass is 19.1. The van der Waals surface area contributed by atoms with Gasteiger partial charge in [-0.1, -0.05) is 6.07 Å². The number of rotatable bonds is 4. The van der Waals surface area contributed by atoms with Crippen LogP contribution in [0.2, 0.25) is 0 Å². The van der Waals surface area contributed by atoms with Gasteiger partial charge in [-0.15, -0.1) is 0 Å². The number of hydrogen-bond donors (Lipinski definition) is 0. The van der Waals surface area contributed by atoms with Crippen LogP contribution in [0, 0.1) is 19.7 Å². The quantitative estimate of drug-likeness (QED) is 0.682. The summed E-state index contributed by atoms with van der Waals surface area (Å²) in [4.78, 5) is 16.2. The van der Waals surface area contributed by atoms with E-state index in [2.05, 4.69) is 10.1 Å². The highest BCUT2D eigenvalue weighted by Gasteiger charge is 2.24. The van der Waals surface area contributed by atoms with Crippen LogP contribution < -0.4 is 0 Å². The maximum absolute atomic E-state index is 14.0. The summed E-state index contributed by atoms with van der Waals surface area (Å²) in [6.07, 6.45) is 1.65. The van der Waals surface area contributed by atoms with Gasteiger partial charge in [-0.3, -0.25) is 14.5 Å². The van der Waals surface area contributed by atoms with Gasteiger partial charge in [-0.25, -0.2) is 4.39 Å². The van der Waals surface area contributed by atoms with E-state index in [0.717, 1.165) is 22.5 Å². The maximum Gasteiger partial charge on any atom is 0.312 e. The lowest BCUT2D eigenvalue weighted by Gasteiger charge is -2.11. The van der Waals surface area contributed by atoms with Gasteiger partial charge in [-0.2, -0.15) is 5.10 Å². The molecule has 1 aromatic carbocycles. The van der Waals surface area contributed by atoms with Crippen LogP contribution in [-0.4, -0.2) is 27.8 Å². The molecule has 0 saturated heterocycles. The zero-order valence-electron chi connectivity index (χ0n) is 14.7. The molecule has 3 rings (SSSR count). The van der Waals surface area contributed by atoms with Crippen LogP contribution >= 0.6 is 0 Å². The second kappa shape index (κ2) is 6.63. The van der Waals surface area contributed by atoms with E-state index < -0.39 is 0 Å². The Balaban J connectivity index is 2.03. The molecule has 2 heterocycles. The van der Waals surface area contributed by atoms with Crippen LogP contribution in [0.3, 0.4) is 0 Å². The second-order valence-electron chi connectivity index (χ2n) is 6.09. The average Bonchev–Trinajstić information content (AvgIpc) is 2.90. The van der Waals surface area contributed by atoms with Gasteiger partial charge in [0.2, 0.25) is 0 Å². The molecule has 0 unspecified atom stereocenters. The standard InChI is InChI=1S/C19H20FN3O2/c1-11(19(24)25-4)17-12(2)22-23(13(17)3)10-14-7-8-16(20)15-6-5-9-21-18(14)15/h5-9,11H,10H2,1-4H3/t11-/m0/s1. The molecule has 5 nitrogen and oxygen atoms in total. The highest BCUT2D eigenvalue weighted by molar-refractivity contribution is 5.82. The summed E-state index contributed by atoms with van der Waals surface area (Å²) in [6.45, 7) is 6.06. The van der Waals surface area contributed by atoms with E-state index in [1.54, 1.807) is 24.4 Å². The number of esters is 1. The van der Waals surface area contributed by atoms with Crippen molar-refractivity contribution in [3.8, 4) is 0 Å². The summed E-state index contributed by atoms with van der Waals surface area (Å²) in [5.41, 5.74) is 4.04. The number of benzene rings is 1. The molecule has 130 valence electrons. The van der Waals surface area contributed by atoms with E-state index in [4.69, 9.17) is 4.74 Å². The van der Waals surface area contributed by atoms with Crippen molar-refractivity contribution in [3.05, 3.63) is 58.8 Å². The highest BCUT2D eigenvalue weighted by Crippen LogP contribution is 2.26. The largest absolute Gasteiger partial charge is 0.469 e. The van der Waals surface area contributed by atoms with Gasteiger partial charge in [0, 0.05) is 28.4 Å². The lowest BCUT2D eigenvalue weighted by atomic mass is 9.99. The number of fused-ring (bicyclic) bond motifs is 1. The Morgan fingerprint density at radius 2 is 2.08 bits per heavy atom. The number of aromatic nitrogens is 3. The van der Waals surface area contributed by atoms with Crippen LogP contribution in [0.5, 0.6) is 0 Å². The van der Waals surface area contributed by atoms with E-state index in [-0.39, 0.29) is 17.7 Å². The van der Waals surface area contributed by atoms with Gasteiger partial charge in [0.05, 0.1) is 30.8 Å². The molecule has 0 N–H and O–H groups in total. The summed E-state index contributed by atoms with van der Waals surface area (Å²) in [7, 11) is 1.38. The summed E-state index contributed by atoms with van der Waals surface area (Å²) in [6, 6.07) is 6.61. The number of methoxy groups -OCH3 is 1. The smallest absolute Gasteiger partial charge is 0.312 e. The van der Waals surface area contributed by atoms with Gasteiger partial charge in [0.15, 0.2) is 0 Å². The molecule has 0 fully saturated rings. The summed E-state index contributed by atoms with van der Waals surface area (Å²) >= 11 is 0. The van der Waals surface area contributed by atoms with Crippen LogP contribution in [0.4, 0.5) is 4.39 Å². The van der Waals surface area contributed by atoms with Gasteiger partial charge in [-0.05, 0) is 39.0 Å². The zero-order valence-corrected chi connectivity index (χ0v) is 14.7. The molecule has 0 spiro atoms. The molecule has 6 heteroatoms. The van der Waals surface area contributed by atoms with Crippen LogP contribution in [-0.2, 0) is 16.1 Å². The number of ether oxygens (including phenoxy) is 1. The third kappa shape index (κ3) is 2.99. The molecule has 0 aliphatic rings. The predicted molar refractivity (Wildman–Crippen MR) is 92.9 cm³/mol. The summed E-state index contributed by atoms with van der Waals surface area (Å²) < 4.78 is 20.6. The molecular formula is C19H20FN3O2. The van der Waals surface area contributed by atoms with E-state index in [0.29, 0.717) is 17.4 Å². The van der Waals surface area contributed by atoms with Crippen molar-refractivity contribution in [2.75, 3.05) is 7.11 Å². The Morgan fingerprint density at radius 3 is 2.80 bits per heavy atom. The Kier molecular flexibility index (Phi) is 4.53. The third-order valence-corrected chi connectivity index (χ3v) is 4.55. The third-order valence-electron chi connectivity index (χ3n) is 4.55. The van der Waals surface area contributed by atoms with Gasteiger partial charge in [0.25, 0.3) is 0 Å². The van der Waals surface area contributed by atoms with Crippen LogP contribution in [0.1, 0.15) is 35.4 Å². The fraction of sp³-hybridized carbons (Fsp3) is 0.316. The minimum Gasteiger partial charge on any atom is -0.469 e. The molecular weight excluding hydrogens is 321 g/mol. The number of pyridine rings is 1. The number of hydrogen-bond acceptors (Lipinski definition) is 4. The molecule has 0 amide bonds. The molecule has 0 bridgehead atoms. The lowest BCUT2D eigenvalue weighted by Crippen LogP contribution is -2.13. The van der Waals surface area contributed by atoms with Crippen molar-refractivity contribution in [3.63, 3.8) is 0 Å². The number of aryl methyl sites for hydroxylation is 1. The fourth-order valence-electron chi connectivity index (χ4n) is 3.27. The first-order chi connectivity index (χ1) is 11.9. The Bertz CT molecular complexity index is 949. The molecule has 3 aromatic rings. The van der Waals surface area contributed by atoms with Gasteiger partial charge < -0.3 is 4.74 Å². The van der Waals surface area contributed by atoms with Crippen molar-refractivity contribution in [1.29, 1.82) is 0 Å². The topological polar surface area (TPSA) is 57.0 Å². The normalized spacial score (nSPS) is 12.4. The average molecular weight is 341 g/mol. The summed E-state index contributed by atoms with van der Waals surface area (Å²) in [5.74, 6) is -0.971. The van der Waals surface area contributed by atoms with Gasteiger partial charge >= 0.3 is 5.97 Å². The maximum atomic E-state index is 14.0. The lowest BCUT2D eigenvalue weighted by molar-refractivity contribution is -0.142. The van der Waals surface area contributed by atoms with Gasteiger partial charge in [0.1, 0.15) is 5.82 Å². The van der Waals surface area contributed by atoms with Crippen molar-refractivity contribution in [2.45, 2.75) is 33.2 Å². The molecule has 0 radical (unpaired) electrons. The van der Waals surface area contributed by atoms with E-state index in [1.165, 1.54) is 13.2 Å². The van der Waals surface area contributed by atoms with Crippen molar-refractivity contribution in [1.82, 2.24) is 14.8 Å². The zero-order chi connectivity index (χ0) is 18.1. The minimum absolute atomic E-state index is 0.291. The first-order valence-corrected chi connectivity index (χ1v) is 8.08. The minimum atomic E-state index is -0.387. The number of carbonyl (C=O) groups is 1.